The number of pyridine rings is 1. The molecule has 2 aliphatic rings. The highest BCUT2D eigenvalue weighted by Gasteiger charge is 2.39. The Balaban J connectivity index is 1.78. The van der Waals surface area contributed by atoms with E-state index in [2.05, 4.69) is 20.6 Å². The van der Waals surface area contributed by atoms with Gasteiger partial charge in [-0.2, -0.15) is 13.2 Å². The van der Waals surface area contributed by atoms with Gasteiger partial charge in [-0.15, -0.1) is 11.3 Å². The highest BCUT2D eigenvalue weighted by Crippen LogP contribution is 2.44. The summed E-state index contributed by atoms with van der Waals surface area (Å²) in [5, 5.41) is 26.9. The average molecular weight is 556 g/mol. The fraction of sp³-hybridized carbons (Fsp3) is 0.654. The number of aliphatic hydroxyl groups is 2. The maximum atomic E-state index is 14.4. The lowest BCUT2D eigenvalue weighted by molar-refractivity contribution is -0.137. The van der Waals surface area contributed by atoms with Gasteiger partial charge in [0.1, 0.15) is 11.5 Å². The van der Waals surface area contributed by atoms with Crippen LogP contribution in [-0.4, -0.2) is 61.3 Å². The Labute approximate surface area is 224 Å². The number of halogens is 3. The van der Waals surface area contributed by atoms with Gasteiger partial charge in [-0.1, -0.05) is 6.42 Å². The average Bonchev–Trinajstić information content (AvgIpc) is 3.26. The third-order valence-corrected chi connectivity index (χ3v) is 8.39. The molecule has 12 heteroatoms. The summed E-state index contributed by atoms with van der Waals surface area (Å²) in [4.78, 5) is 23.3. The van der Waals surface area contributed by atoms with Gasteiger partial charge >= 0.3 is 6.18 Å². The number of hydrogen-bond acceptors (Lipinski definition) is 8. The summed E-state index contributed by atoms with van der Waals surface area (Å²) in [6.07, 6.45) is 0.522. The van der Waals surface area contributed by atoms with Crippen LogP contribution in [0.4, 0.5) is 19.0 Å². The second kappa shape index (κ2) is 10.7. The van der Waals surface area contributed by atoms with E-state index in [9.17, 15) is 28.2 Å². The van der Waals surface area contributed by atoms with E-state index in [0.717, 1.165) is 62.1 Å². The van der Waals surface area contributed by atoms with Gasteiger partial charge in [0.25, 0.3) is 5.91 Å². The number of anilines is 1. The SMILES string of the molecule is C[C@H]1CCCCN1C(O)c1nc(C(=O)NCC(C)(C)O)sc1-c1cnc(NC2(C)CCC2)cc1C(F)(F)F. The van der Waals surface area contributed by atoms with Crippen molar-refractivity contribution in [1.82, 2.24) is 20.2 Å². The van der Waals surface area contributed by atoms with Crippen LogP contribution < -0.4 is 10.6 Å². The molecule has 1 unspecified atom stereocenters. The third-order valence-electron chi connectivity index (χ3n) is 7.28. The lowest BCUT2D eigenvalue weighted by Crippen LogP contribution is -2.42. The molecule has 1 aliphatic carbocycles. The number of carbonyl (C=O) groups excluding carboxylic acids is 1. The predicted octanol–water partition coefficient (Wildman–Crippen LogP) is 4.94. The molecular formula is C26H36F3N5O3S. The van der Waals surface area contributed by atoms with Crippen molar-refractivity contribution in [1.29, 1.82) is 0 Å². The number of aliphatic hydroxyl groups excluding tert-OH is 1. The van der Waals surface area contributed by atoms with Gasteiger partial charge in [-0.3, -0.25) is 9.69 Å². The van der Waals surface area contributed by atoms with E-state index in [1.165, 1.54) is 13.8 Å². The number of hydrogen-bond donors (Lipinski definition) is 4. The summed E-state index contributed by atoms with van der Waals surface area (Å²) in [6.45, 7) is 7.44. The molecule has 2 aromatic rings. The van der Waals surface area contributed by atoms with Crippen molar-refractivity contribution in [2.45, 2.75) is 95.8 Å². The van der Waals surface area contributed by atoms with E-state index in [0.29, 0.717) is 6.54 Å². The first-order valence-electron chi connectivity index (χ1n) is 13.0. The van der Waals surface area contributed by atoms with Crippen molar-refractivity contribution in [2.24, 2.45) is 0 Å². The fourth-order valence-electron chi connectivity index (χ4n) is 4.89. The van der Waals surface area contributed by atoms with Crippen molar-refractivity contribution in [3.05, 3.63) is 28.5 Å². The van der Waals surface area contributed by atoms with Crippen LogP contribution in [-0.2, 0) is 6.18 Å². The number of alkyl halides is 3. The zero-order chi connectivity index (χ0) is 27.9. The van der Waals surface area contributed by atoms with Gasteiger partial charge in [0, 0.05) is 36.4 Å². The molecule has 1 aliphatic heterocycles. The fourth-order valence-corrected chi connectivity index (χ4v) is 5.92. The minimum atomic E-state index is -4.71. The molecule has 2 fully saturated rings. The van der Waals surface area contributed by atoms with Crippen LogP contribution in [0.2, 0.25) is 0 Å². The quantitative estimate of drug-likeness (QED) is 0.365. The van der Waals surface area contributed by atoms with Gasteiger partial charge in [0.05, 0.1) is 16.0 Å². The van der Waals surface area contributed by atoms with Crippen LogP contribution >= 0.6 is 11.3 Å². The normalized spacial score (nSPS) is 21.0. The molecule has 4 N–H and O–H groups in total. The molecule has 1 amide bonds. The summed E-state index contributed by atoms with van der Waals surface area (Å²) in [5.74, 6) is -0.510. The molecule has 38 heavy (non-hydrogen) atoms. The Morgan fingerprint density at radius 3 is 2.58 bits per heavy atom. The first-order valence-corrected chi connectivity index (χ1v) is 13.8. The Kier molecular flexibility index (Phi) is 8.09. The van der Waals surface area contributed by atoms with Gasteiger partial charge < -0.3 is 20.8 Å². The number of thiazole rings is 1. The Morgan fingerprint density at radius 2 is 2.00 bits per heavy atom. The number of rotatable bonds is 8. The topological polar surface area (TPSA) is 111 Å². The van der Waals surface area contributed by atoms with Gasteiger partial charge in [-0.05, 0) is 65.9 Å². The number of piperidine rings is 1. The maximum Gasteiger partial charge on any atom is 0.417 e. The van der Waals surface area contributed by atoms with E-state index >= 15 is 0 Å². The smallest absolute Gasteiger partial charge is 0.389 e. The van der Waals surface area contributed by atoms with Gasteiger partial charge in [-0.25, -0.2) is 9.97 Å². The molecular weight excluding hydrogens is 519 g/mol. The van der Waals surface area contributed by atoms with Crippen molar-refractivity contribution in [2.75, 3.05) is 18.4 Å². The highest BCUT2D eigenvalue weighted by molar-refractivity contribution is 7.17. The first-order chi connectivity index (χ1) is 17.7. The molecule has 8 nitrogen and oxygen atoms in total. The summed E-state index contributed by atoms with van der Waals surface area (Å²) < 4.78 is 43.1. The number of aromatic nitrogens is 2. The predicted molar refractivity (Wildman–Crippen MR) is 140 cm³/mol. The van der Waals surface area contributed by atoms with E-state index in [-0.39, 0.29) is 45.1 Å². The van der Waals surface area contributed by atoms with E-state index in [4.69, 9.17) is 0 Å². The van der Waals surface area contributed by atoms with Crippen LogP contribution in [0.25, 0.3) is 10.4 Å². The van der Waals surface area contributed by atoms with Crippen molar-refractivity contribution in [3.63, 3.8) is 0 Å². The summed E-state index contributed by atoms with van der Waals surface area (Å²) >= 11 is 0.778. The Morgan fingerprint density at radius 1 is 1.29 bits per heavy atom. The number of amides is 1. The molecule has 0 aromatic carbocycles. The largest absolute Gasteiger partial charge is 0.417 e. The number of nitrogens with zero attached hydrogens (tertiary/aromatic N) is 3. The van der Waals surface area contributed by atoms with E-state index in [1.807, 2.05) is 13.8 Å². The minimum absolute atomic E-state index is 0.00359. The third kappa shape index (κ3) is 6.47. The molecule has 0 spiro atoms. The molecule has 2 atom stereocenters. The molecule has 1 saturated heterocycles. The minimum Gasteiger partial charge on any atom is -0.389 e. The van der Waals surface area contributed by atoms with Crippen LogP contribution in [0, 0.1) is 0 Å². The highest BCUT2D eigenvalue weighted by atomic mass is 32.1. The number of nitrogens with one attached hydrogen (secondary N) is 2. The summed E-state index contributed by atoms with van der Waals surface area (Å²) in [6, 6.07) is 0.988. The van der Waals surface area contributed by atoms with Crippen LogP contribution in [0.5, 0.6) is 0 Å². The Bertz CT molecular complexity index is 1160. The number of carbonyl (C=O) groups is 1. The molecule has 0 bridgehead atoms. The second-order valence-electron chi connectivity index (χ2n) is 11.3. The summed E-state index contributed by atoms with van der Waals surface area (Å²) in [7, 11) is 0. The molecule has 0 radical (unpaired) electrons. The van der Waals surface area contributed by atoms with Crippen LogP contribution in [0.3, 0.4) is 0 Å². The van der Waals surface area contributed by atoms with Crippen molar-refractivity contribution < 1.29 is 28.2 Å². The Hall–Kier alpha value is -2.28. The molecule has 2 aromatic heterocycles. The van der Waals surface area contributed by atoms with Crippen LogP contribution in [0.15, 0.2) is 12.3 Å². The van der Waals surface area contributed by atoms with Gasteiger partial charge in [0.2, 0.25) is 0 Å². The van der Waals surface area contributed by atoms with E-state index < -0.39 is 29.5 Å². The first kappa shape index (κ1) is 28.7. The lowest BCUT2D eigenvalue weighted by Gasteiger charge is -2.39. The van der Waals surface area contributed by atoms with Crippen molar-refractivity contribution >= 4 is 23.1 Å². The van der Waals surface area contributed by atoms with E-state index in [1.54, 1.807) is 4.90 Å². The summed E-state index contributed by atoms with van der Waals surface area (Å²) in [5.41, 5.74) is -2.63. The van der Waals surface area contributed by atoms with Crippen LogP contribution in [0.1, 0.15) is 93.5 Å². The van der Waals surface area contributed by atoms with Crippen molar-refractivity contribution in [3.8, 4) is 10.4 Å². The number of likely N-dealkylation sites (tertiary alicyclic amines) is 1. The molecule has 3 heterocycles. The second-order valence-corrected chi connectivity index (χ2v) is 12.3. The zero-order valence-electron chi connectivity index (χ0n) is 22.2. The molecule has 4 rings (SSSR count). The van der Waals surface area contributed by atoms with Gasteiger partial charge in [0.15, 0.2) is 11.2 Å². The standard InChI is InChI=1S/C26H36F3N5O3S/c1-15-8-5-6-11-34(15)23(36)19-20(38-22(32-19)21(35)31-14-24(2,3)37)16-13-30-18(12-17(16)26(27,28)29)33-25(4)9-7-10-25/h12-13,15,23,36-37H,5-11,14H2,1-4H3,(H,30,33)(H,31,35)/t15-,23?/m0/s1. The monoisotopic (exact) mass is 555 g/mol. The maximum absolute atomic E-state index is 14.4. The molecule has 210 valence electrons. The lowest BCUT2D eigenvalue weighted by atomic mass is 9.78. The zero-order valence-corrected chi connectivity index (χ0v) is 23.0. The molecule has 1 saturated carbocycles.